The molecule has 86 valence electrons. The van der Waals surface area contributed by atoms with Crippen molar-refractivity contribution < 1.29 is 4.79 Å². The SMILES string of the molecule is Cc1cccc(C)c1CCCC(=O)C1CC1. The van der Waals surface area contributed by atoms with Crippen LogP contribution in [0.15, 0.2) is 18.2 Å². The summed E-state index contributed by atoms with van der Waals surface area (Å²) in [7, 11) is 0. The summed E-state index contributed by atoms with van der Waals surface area (Å²) in [6.07, 6.45) is 5.13. The zero-order valence-corrected chi connectivity index (χ0v) is 10.3. The summed E-state index contributed by atoms with van der Waals surface area (Å²) in [5.41, 5.74) is 4.16. The monoisotopic (exact) mass is 216 g/mol. The van der Waals surface area contributed by atoms with E-state index in [0.717, 1.165) is 32.1 Å². The zero-order chi connectivity index (χ0) is 11.5. The second kappa shape index (κ2) is 4.82. The number of aryl methyl sites for hydroxylation is 2. The van der Waals surface area contributed by atoms with Gasteiger partial charge in [-0.3, -0.25) is 4.79 Å². The van der Waals surface area contributed by atoms with Gasteiger partial charge in [0.05, 0.1) is 0 Å². The molecular weight excluding hydrogens is 196 g/mol. The fourth-order valence-corrected chi connectivity index (χ4v) is 2.29. The van der Waals surface area contributed by atoms with Gasteiger partial charge in [0, 0.05) is 12.3 Å². The van der Waals surface area contributed by atoms with Gasteiger partial charge in [0.25, 0.3) is 0 Å². The average molecular weight is 216 g/mol. The normalized spacial score (nSPS) is 15.1. The third-order valence-corrected chi connectivity index (χ3v) is 3.53. The van der Waals surface area contributed by atoms with E-state index in [9.17, 15) is 4.79 Å². The topological polar surface area (TPSA) is 17.1 Å². The molecule has 0 radical (unpaired) electrons. The molecule has 1 aliphatic carbocycles. The maximum absolute atomic E-state index is 11.6. The number of benzene rings is 1. The van der Waals surface area contributed by atoms with Gasteiger partial charge in [-0.25, -0.2) is 0 Å². The van der Waals surface area contributed by atoms with Crippen molar-refractivity contribution in [3.05, 3.63) is 34.9 Å². The van der Waals surface area contributed by atoms with Crippen LogP contribution >= 0.6 is 0 Å². The Kier molecular flexibility index (Phi) is 3.42. The maximum atomic E-state index is 11.6. The summed E-state index contributed by atoms with van der Waals surface area (Å²) in [5.74, 6) is 0.921. The van der Waals surface area contributed by atoms with Crippen LogP contribution in [-0.4, -0.2) is 5.78 Å². The molecule has 16 heavy (non-hydrogen) atoms. The summed E-state index contributed by atoms with van der Waals surface area (Å²) < 4.78 is 0. The fourth-order valence-electron chi connectivity index (χ4n) is 2.29. The van der Waals surface area contributed by atoms with Crippen LogP contribution in [0.3, 0.4) is 0 Å². The molecule has 0 atom stereocenters. The first-order valence-corrected chi connectivity index (χ1v) is 6.26. The van der Waals surface area contributed by atoms with Crippen molar-refractivity contribution in [2.24, 2.45) is 5.92 Å². The third kappa shape index (κ3) is 2.72. The Bertz CT molecular complexity index is 368. The summed E-state index contributed by atoms with van der Waals surface area (Å²) in [6.45, 7) is 4.32. The predicted molar refractivity (Wildman–Crippen MR) is 66.6 cm³/mol. The van der Waals surface area contributed by atoms with Gasteiger partial charge in [0.2, 0.25) is 0 Å². The van der Waals surface area contributed by atoms with Gasteiger partial charge >= 0.3 is 0 Å². The van der Waals surface area contributed by atoms with Crippen LogP contribution in [0.25, 0.3) is 0 Å². The molecule has 0 spiro atoms. The molecule has 0 N–H and O–H groups in total. The number of carbonyl (C=O) groups excluding carboxylic acids is 1. The van der Waals surface area contributed by atoms with Crippen LogP contribution < -0.4 is 0 Å². The van der Waals surface area contributed by atoms with E-state index in [4.69, 9.17) is 0 Å². The van der Waals surface area contributed by atoms with E-state index in [-0.39, 0.29) is 0 Å². The van der Waals surface area contributed by atoms with Gasteiger partial charge in [0.15, 0.2) is 0 Å². The first-order chi connectivity index (χ1) is 7.68. The third-order valence-electron chi connectivity index (χ3n) is 3.53. The predicted octanol–water partition coefficient (Wildman–Crippen LogP) is 3.61. The van der Waals surface area contributed by atoms with Gasteiger partial charge in [-0.2, -0.15) is 0 Å². The molecule has 0 saturated heterocycles. The lowest BCUT2D eigenvalue weighted by atomic mass is 9.97. The fraction of sp³-hybridized carbons (Fsp3) is 0.533. The van der Waals surface area contributed by atoms with Gasteiger partial charge in [-0.1, -0.05) is 18.2 Å². The maximum Gasteiger partial charge on any atom is 0.135 e. The van der Waals surface area contributed by atoms with Gasteiger partial charge in [-0.05, 0) is 56.2 Å². The van der Waals surface area contributed by atoms with Crippen LogP contribution in [0.2, 0.25) is 0 Å². The Morgan fingerprint density at radius 1 is 1.25 bits per heavy atom. The Morgan fingerprint density at radius 3 is 2.44 bits per heavy atom. The van der Waals surface area contributed by atoms with Crippen LogP contribution in [0, 0.1) is 19.8 Å². The minimum atomic E-state index is 0.429. The molecule has 1 heteroatoms. The molecular formula is C15H20O. The largest absolute Gasteiger partial charge is 0.299 e. The van der Waals surface area contributed by atoms with Gasteiger partial charge < -0.3 is 0 Å². The highest BCUT2D eigenvalue weighted by molar-refractivity contribution is 5.83. The number of rotatable bonds is 5. The molecule has 0 heterocycles. The Labute approximate surface area is 97.9 Å². The molecule has 2 rings (SSSR count). The van der Waals surface area contributed by atoms with E-state index in [1.165, 1.54) is 16.7 Å². The van der Waals surface area contributed by atoms with E-state index >= 15 is 0 Å². The van der Waals surface area contributed by atoms with Crippen molar-refractivity contribution in [3.63, 3.8) is 0 Å². The van der Waals surface area contributed by atoms with Crippen molar-refractivity contribution >= 4 is 5.78 Å². The minimum Gasteiger partial charge on any atom is -0.299 e. The van der Waals surface area contributed by atoms with Crippen molar-refractivity contribution in [1.82, 2.24) is 0 Å². The zero-order valence-electron chi connectivity index (χ0n) is 10.3. The van der Waals surface area contributed by atoms with Gasteiger partial charge in [0.1, 0.15) is 5.78 Å². The first-order valence-electron chi connectivity index (χ1n) is 6.26. The van der Waals surface area contributed by atoms with Crippen LogP contribution in [0.5, 0.6) is 0 Å². The molecule has 0 amide bonds. The molecule has 0 aromatic heterocycles. The average Bonchev–Trinajstić information content (AvgIpc) is 3.05. The van der Waals surface area contributed by atoms with Crippen LogP contribution in [0.1, 0.15) is 42.4 Å². The lowest BCUT2D eigenvalue weighted by Crippen LogP contribution is -2.02. The van der Waals surface area contributed by atoms with Gasteiger partial charge in [-0.15, -0.1) is 0 Å². The Balaban J connectivity index is 1.86. The molecule has 1 aromatic carbocycles. The van der Waals surface area contributed by atoms with E-state index in [1.807, 2.05) is 0 Å². The van der Waals surface area contributed by atoms with E-state index < -0.39 is 0 Å². The first kappa shape index (κ1) is 11.4. The number of hydrogen-bond donors (Lipinski definition) is 0. The Hall–Kier alpha value is -1.11. The smallest absolute Gasteiger partial charge is 0.135 e. The highest BCUT2D eigenvalue weighted by Crippen LogP contribution is 2.31. The molecule has 1 fully saturated rings. The molecule has 0 unspecified atom stereocenters. The highest BCUT2D eigenvalue weighted by atomic mass is 16.1. The number of carbonyl (C=O) groups is 1. The lowest BCUT2D eigenvalue weighted by molar-refractivity contribution is -0.120. The van der Waals surface area contributed by atoms with E-state index in [0.29, 0.717) is 11.7 Å². The summed E-state index contributed by atoms with van der Waals surface area (Å²) in [6, 6.07) is 6.42. The van der Waals surface area contributed by atoms with E-state index in [2.05, 4.69) is 32.0 Å². The Morgan fingerprint density at radius 2 is 1.88 bits per heavy atom. The van der Waals surface area contributed by atoms with Crippen molar-refractivity contribution in [1.29, 1.82) is 0 Å². The van der Waals surface area contributed by atoms with Crippen molar-refractivity contribution in [3.8, 4) is 0 Å². The number of ketones is 1. The standard InChI is InChI=1S/C15H20O/c1-11-5-3-6-12(2)14(11)7-4-8-15(16)13-9-10-13/h3,5-6,13H,4,7-10H2,1-2H3. The van der Waals surface area contributed by atoms with Crippen LogP contribution in [-0.2, 0) is 11.2 Å². The molecule has 0 bridgehead atoms. The number of Topliss-reactive ketones (excluding diaryl/α,β-unsaturated/α-hetero) is 1. The van der Waals surface area contributed by atoms with Crippen LogP contribution in [0.4, 0.5) is 0 Å². The lowest BCUT2D eigenvalue weighted by Gasteiger charge is -2.08. The molecule has 1 aromatic rings. The summed E-state index contributed by atoms with van der Waals surface area (Å²) in [4.78, 5) is 11.6. The van der Waals surface area contributed by atoms with E-state index in [1.54, 1.807) is 0 Å². The minimum absolute atomic E-state index is 0.429. The quantitative estimate of drug-likeness (QED) is 0.735. The number of hydrogen-bond acceptors (Lipinski definition) is 1. The van der Waals surface area contributed by atoms with Crippen molar-refractivity contribution in [2.75, 3.05) is 0 Å². The second-order valence-electron chi connectivity index (χ2n) is 4.96. The second-order valence-corrected chi connectivity index (χ2v) is 4.96. The summed E-state index contributed by atoms with van der Waals surface area (Å²) >= 11 is 0. The summed E-state index contributed by atoms with van der Waals surface area (Å²) in [5, 5.41) is 0. The highest BCUT2D eigenvalue weighted by Gasteiger charge is 2.28. The molecule has 1 saturated carbocycles. The molecule has 1 aliphatic rings. The molecule has 0 aliphatic heterocycles. The molecule has 1 nitrogen and oxygen atoms in total. The van der Waals surface area contributed by atoms with Crippen molar-refractivity contribution in [2.45, 2.75) is 46.0 Å².